The van der Waals surface area contributed by atoms with Gasteiger partial charge in [0.2, 0.25) is 0 Å². The molecule has 5 heteroatoms. The minimum Gasteiger partial charge on any atom is -0.316 e. The predicted molar refractivity (Wildman–Crippen MR) is 80.3 cm³/mol. The highest BCUT2D eigenvalue weighted by atomic mass is 19.4. The van der Waals surface area contributed by atoms with E-state index >= 15 is 0 Å². The van der Waals surface area contributed by atoms with E-state index in [2.05, 4.69) is 18.3 Å². The molecule has 0 spiro atoms. The Morgan fingerprint density at radius 2 is 1.76 bits per heavy atom. The highest BCUT2D eigenvalue weighted by Gasteiger charge is 2.27. The van der Waals surface area contributed by atoms with Gasteiger partial charge < -0.3 is 10.2 Å². The largest absolute Gasteiger partial charge is 0.390 e. The first kappa shape index (κ1) is 18.0. The van der Waals surface area contributed by atoms with Crippen molar-refractivity contribution in [2.45, 2.75) is 38.9 Å². The second kappa shape index (κ2) is 9.05. The molecule has 0 heterocycles. The minimum absolute atomic E-state index is 0.0336. The Balaban J connectivity index is 2.49. The Bertz CT molecular complexity index is 405. The summed E-state index contributed by atoms with van der Waals surface area (Å²) in [6, 6.07) is 7.98. The van der Waals surface area contributed by atoms with Crippen LogP contribution in [0.5, 0.6) is 0 Å². The maximum Gasteiger partial charge on any atom is 0.390 e. The van der Waals surface area contributed by atoms with E-state index in [4.69, 9.17) is 0 Å². The normalized spacial score (nSPS) is 12.1. The Morgan fingerprint density at radius 3 is 2.38 bits per heavy atom. The number of halogens is 3. The molecule has 1 aromatic rings. The molecule has 0 aliphatic rings. The first-order chi connectivity index (χ1) is 9.92. The molecule has 0 atom stereocenters. The van der Waals surface area contributed by atoms with Gasteiger partial charge in [-0.3, -0.25) is 0 Å². The van der Waals surface area contributed by atoms with Crippen LogP contribution in [-0.2, 0) is 13.0 Å². The van der Waals surface area contributed by atoms with Crippen LogP contribution in [0.4, 0.5) is 13.2 Å². The maximum atomic E-state index is 12.2. The zero-order chi connectivity index (χ0) is 15.7. The number of benzene rings is 1. The van der Waals surface area contributed by atoms with Crippen molar-refractivity contribution in [1.82, 2.24) is 10.2 Å². The molecule has 21 heavy (non-hydrogen) atoms. The van der Waals surface area contributed by atoms with Crippen molar-refractivity contribution >= 4 is 0 Å². The molecule has 0 fully saturated rings. The molecule has 0 bridgehead atoms. The third-order valence-electron chi connectivity index (χ3n) is 3.33. The first-order valence-corrected chi connectivity index (χ1v) is 7.45. The van der Waals surface area contributed by atoms with E-state index in [0.717, 1.165) is 31.5 Å². The molecule has 1 rings (SSSR count). The zero-order valence-electron chi connectivity index (χ0n) is 12.8. The molecule has 0 unspecified atom stereocenters. The van der Waals surface area contributed by atoms with E-state index in [0.29, 0.717) is 6.54 Å². The third kappa shape index (κ3) is 8.07. The molecule has 0 aliphatic heterocycles. The van der Waals surface area contributed by atoms with Crippen LogP contribution in [0.15, 0.2) is 24.3 Å². The predicted octanol–water partition coefficient (Wildman–Crippen LogP) is 3.61. The molecule has 0 radical (unpaired) electrons. The Kier molecular flexibility index (Phi) is 7.75. The average molecular weight is 302 g/mol. The number of hydrogen-bond donors (Lipinski definition) is 1. The molecule has 0 aromatic heterocycles. The number of nitrogens with zero attached hydrogens (tertiary/aromatic N) is 1. The lowest BCUT2D eigenvalue weighted by Gasteiger charge is -2.19. The van der Waals surface area contributed by atoms with E-state index in [9.17, 15) is 13.2 Å². The summed E-state index contributed by atoms with van der Waals surface area (Å²) in [7, 11) is 1.73. The summed E-state index contributed by atoms with van der Waals surface area (Å²) in [5.41, 5.74) is 2.32. The molecule has 1 aromatic carbocycles. The second-order valence-electron chi connectivity index (χ2n) is 5.37. The van der Waals surface area contributed by atoms with Gasteiger partial charge in [0.05, 0.1) is 6.42 Å². The van der Waals surface area contributed by atoms with Crippen LogP contribution < -0.4 is 5.32 Å². The Hall–Kier alpha value is -1.07. The van der Waals surface area contributed by atoms with Crippen molar-refractivity contribution in [2.75, 3.05) is 26.7 Å². The van der Waals surface area contributed by atoms with E-state index in [1.807, 2.05) is 18.2 Å². The summed E-state index contributed by atoms with van der Waals surface area (Å²) >= 11 is 0. The van der Waals surface area contributed by atoms with Crippen molar-refractivity contribution in [3.63, 3.8) is 0 Å². The fourth-order valence-corrected chi connectivity index (χ4v) is 2.17. The topological polar surface area (TPSA) is 15.3 Å². The minimum atomic E-state index is -4.09. The zero-order valence-corrected chi connectivity index (χ0v) is 12.8. The van der Waals surface area contributed by atoms with Gasteiger partial charge in [0.1, 0.15) is 0 Å². The van der Waals surface area contributed by atoms with Gasteiger partial charge in [-0.1, -0.05) is 31.2 Å². The molecular weight excluding hydrogens is 277 g/mol. The van der Waals surface area contributed by atoms with Gasteiger partial charge in [0.15, 0.2) is 0 Å². The fourth-order valence-electron chi connectivity index (χ4n) is 2.17. The Labute approximate surface area is 125 Å². The average Bonchev–Trinajstić information content (AvgIpc) is 2.42. The highest BCUT2D eigenvalue weighted by molar-refractivity contribution is 5.27. The van der Waals surface area contributed by atoms with E-state index in [1.54, 1.807) is 11.9 Å². The summed E-state index contributed by atoms with van der Waals surface area (Å²) in [4.78, 5) is 1.73. The summed E-state index contributed by atoms with van der Waals surface area (Å²) in [5, 5.41) is 3.35. The standard InChI is InChI=1S/C16H25F3N2/c1-3-10-20-11-8-14-6-4-5-7-15(14)13-21(2)12-9-16(17,18)19/h4-7,20H,3,8-13H2,1-2H3. The summed E-state index contributed by atoms with van der Waals surface area (Å²) in [6.45, 7) is 4.60. The van der Waals surface area contributed by atoms with Gasteiger partial charge in [-0.2, -0.15) is 13.2 Å². The van der Waals surface area contributed by atoms with Crippen LogP contribution >= 0.6 is 0 Å². The van der Waals surface area contributed by atoms with Crippen molar-refractivity contribution in [3.05, 3.63) is 35.4 Å². The SMILES string of the molecule is CCCNCCc1ccccc1CN(C)CCC(F)(F)F. The molecule has 120 valence electrons. The number of hydrogen-bond acceptors (Lipinski definition) is 2. The monoisotopic (exact) mass is 302 g/mol. The van der Waals surface area contributed by atoms with Crippen LogP contribution in [0.1, 0.15) is 30.9 Å². The molecule has 0 aliphatic carbocycles. The van der Waals surface area contributed by atoms with Crippen molar-refractivity contribution < 1.29 is 13.2 Å². The summed E-state index contributed by atoms with van der Waals surface area (Å²) in [6.07, 6.45) is -2.84. The molecular formula is C16H25F3N2. The smallest absolute Gasteiger partial charge is 0.316 e. The lowest BCUT2D eigenvalue weighted by Crippen LogP contribution is -2.25. The lowest BCUT2D eigenvalue weighted by atomic mass is 10.0. The highest BCUT2D eigenvalue weighted by Crippen LogP contribution is 2.20. The molecule has 2 nitrogen and oxygen atoms in total. The maximum absolute atomic E-state index is 12.2. The third-order valence-corrected chi connectivity index (χ3v) is 3.33. The quantitative estimate of drug-likeness (QED) is 0.701. The Morgan fingerprint density at radius 1 is 1.10 bits per heavy atom. The van der Waals surface area contributed by atoms with Gasteiger partial charge in [0.25, 0.3) is 0 Å². The first-order valence-electron chi connectivity index (χ1n) is 7.45. The van der Waals surface area contributed by atoms with E-state index in [-0.39, 0.29) is 6.54 Å². The van der Waals surface area contributed by atoms with Gasteiger partial charge in [-0.25, -0.2) is 0 Å². The van der Waals surface area contributed by atoms with Crippen LogP contribution in [0.2, 0.25) is 0 Å². The molecule has 0 amide bonds. The van der Waals surface area contributed by atoms with E-state index < -0.39 is 12.6 Å². The van der Waals surface area contributed by atoms with E-state index in [1.165, 1.54) is 5.56 Å². The van der Waals surface area contributed by atoms with Gasteiger partial charge in [-0.05, 0) is 44.1 Å². The van der Waals surface area contributed by atoms with Crippen LogP contribution in [0.25, 0.3) is 0 Å². The molecule has 1 N–H and O–H groups in total. The number of rotatable bonds is 9. The van der Waals surface area contributed by atoms with Crippen LogP contribution in [0, 0.1) is 0 Å². The van der Waals surface area contributed by atoms with Gasteiger partial charge in [0, 0.05) is 13.1 Å². The van der Waals surface area contributed by atoms with Gasteiger partial charge in [-0.15, -0.1) is 0 Å². The molecule has 0 saturated carbocycles. The summed E-state index contributed by atoms with van der Waals surface area (Å²) < 4.78 is 36.7. The van der Waals surface area contributed by atoms with Crippen molar-refractivity contribution in [2.24, 2.45) is 0 Å². The fraction of sp³-hybridized carbons (Fsp3) is 0.625. The number of alkyl halides is 3. The van der Waals surface area contributed by atoms with Gasteiger partial charge >= 0.3 is 6.18 Å². The van der Waals surface area contributed by atoms with Crippen molar-refractivity contribution in [3.8, 4) is 0 Å². The second-order valence-corrected chi connectivity index (χ2v) is 5.37. The lowest BCUT2D eigenvalue weighted by molar-refractivity contribution is -0.137. The number of nitrogens with one attached hydrogen (secondary N) is 1. The summed E-state index contributed by atoms with van der Waals surface area (Å²) in [5.74, 6) is 0. The van der Waals surface area contributed by atoms with Crippen molar-refractivity contribution in [1.29, 1.82) is 0 Å². The molecule has 0 saturated heterocycles. The van der Waals surface area contributed by atoms with Crippen LogP contribution in [-0.4, -0.2) is 37.8 Å². The van der Waals surface area contributed by atoms with Crippen LogP contribution in [0.3, 0.4) is 0 Å².